The maximum absolute atomic E-state index is 12.2. The van der Waals surface area contributed by atoms with Gasteiger partial charge in [0.15, 0.2) is 0 Å². The number of aromatic nitrogens is 1. The van der Waals surface area contributed by atoms with Crippen LogP contribution in [0.4, 0.5) is 4.79 Å². The standard InChI is InChI=1S/C23H25N3O2/c1-28-22-16-18(12-14-24-22)17-26-23(27)25-15-13-21(19-8-4-2-5-9-19)20-10-6-3-7-11-20/h2-12,14,16,21H,13,15,17H2,1H3,(H2,25,26,27). The summed E-state index contributed by atoms with van der Waals surface area (Å²) in [6, 6.07) is 24.2. The number of nitrogens with zero attached hydrogens (tertiary/aromatic N) is 1. The largest absolute Gasteiger partial charge is 0.481 e. The summed E-state index contributed by atoms with van der Waals surface area (Å²) in [5.74, 6) is 0.778. The molecule has 0 radical (unpaired) electrons. The summed E-state index contributed by atoms with van der Waals surface area (Å²) in [7, 11) is 1.57. The average molecular weight is 375 g/mol. The molecule has 0 saturated carbocycles. The SMILES string of the molecule is COc1cc(CNC(=O)NCCC(c2ccccc2)c2ccccc2)ccn1. The number of pyridine rings is 1. The molecule has 3 rings (SSSR count). The Balaban J connectivity index is 1.53. The first kappa shape index (κ1) is 19.4. The minimum absolute atomic E-state index is 0.185. The molecule has 28 heavy (non-hydrogen) atoms. The van der Waals surface area contributed by atoms with Crippen molar-refractivity contribution in [3.05, 3.63) is 95.7 Å². The summed E-state index contributed by atoms with van der Waals surface area (Å²) in [4.78, 5) is 16.2. The van der Waals surface area contributed by atoms with Crippen LogP contribution < -0.4 is 15.4 Å². The molecule has 144 valence electrons. The van der Waals surface area contributed by atoms with Gasteiger partial charge in [0.1, 0.15) is 0 Å². The van der Waals surface area contributed by atoms with Gasteiger partial charge in [-0.2, -0.15) is 0 Å². The van der Waals surface area contributed by atoms with Crippen molar-refractivity contribution in [2.45, 2.75) is 18.9 Å². The second kappa shape index (κ2) is 10.1. The molecule has 2 amide bonds. The number of carbonyl (C=O) groups excluding carboxylic acids is 1. The topological polar surface area (TPSA) is 63.2 Å². The van der Waals surface area contributed by atoms with Crippen LogP contribution in [-0.2, 0) is 6.54 Å². The summed E-state index contributed by atoms with van der Waals surface area (Å²) in [5.41, 5.74) is 3.44. The minimum atomic E-state index is -0.185. The Morgan fingerprint density at radius 2 is 1.61 bits per heavy atom. The number of ether oxygens (including phenoxy) is 1. The molecule has 1 heterocycles. The van der Waals surface area contributed by atoms with Gasteiger partial charge in [-0.05, 0) is 29.2 Å². The predicted molar refractivity (Wildman–Crippen MR) is 110 cm³/mol. The lowest BCUT2D eigenvalue weighted by Crippen LogP contribution is -2.36. The van der Waals surface area contributed by atoms with E-state index in [1.165, 1.54) is 11.1 Å². The molecule has 1 aromatic heterocycles. The number of carbonyl (C=O) groups is 1. The van der Waals surface area contributed by atoms with Crippen molar-refractivity contribution in [3.63, 3.8) is 0 Å². The first-order valence-corrected chi connectivity index (χ1v) is 9.37. The van der Waals surface area contributed by atoms with Crippen molar-refractivity contribution >= 4 is 6.03 Å². The van der Waals surface area contributed by atoms with Crippen molar-refractivity contribution in [2.75, 3.05) is 13.7 Å². The van der Waals surface area contributed by atoms with E-state index in [2.05, 4.69) is 64.1 Å². The van der Waals surface area contributed by atoms with Crippen molar-refractivity contribution < 1.29 is 9.53 Å². The third-order valence-corrected chi connectivity index (χ3v) is 4.58. The van der Waals surface area contributed by atoms with E-state index in [1.54, 1.807) is 19.4 Å². The summed E-state index contributed by atoms with van der Waals surface area (Å²) in [6.07, 6.45) is 2.49. The summed E-state index contributed by atoms with van der Waals surface area (Å²) in [6.45, 7) is 1.01. The van der Waals surface area contributed by atoms with Crippen LogP contribution in [0.5, 0.6) is 5.88 Å². The molecule has 0 aliphatic heterocycles. The van der Waals surface area contributed by atoms with Crippen molar-refractivity contribution in [1.29, 1.82) is 0 Å². The summed E-state index contributed by atoms with van der Waals surface area (Å²) >= 11 is 0. The fourth-order valence-corrected chi connectivity index (χ4v) is 3.14. The van der Waals surface area contributed by atoms with Crippen LogP contribution in [-0.4, -0.2) is 24.7 Å². The van der Waals surface area contributed by atoms with Gasteiger partial charge in [0.2, 0.25) is 5.88 Å². The summed E-state index contributed by atoms with van der Waals surface area (Å²) in [5, 5.41) is 5.82. The highest BCUT2D eigenvalue weighted by Crippen LogP contribution is 2.27. The van der Waals surface area contributed by atoms with E-state index >= 15 is 0 Å². The lowest BCUT2D eigenvalue weighted by molar-refractivity contribution is 0.240. The van der Waals surface area contributed by atoms with Crippen molar-refractivity contribution in [3.8, 4) is 5.88 Å². The van der Waals surface area contributed by atoms with Gasteiger partial charge in [-0.3, -0.25) is 0 Å². The van der Waals surface area contributed by atoms with Crippen LogP contribution in [0.25, 0.3) is 0 Å². The highest BCUT2D eigenvalue weighted by atomic mass is 16.5. The number of hydrogen-bond acceptors (Lipinski definition) is 3. The van der Waals surface area contributed by atoms with Gasteiger partial charge in [0, 0.05) is 31.3 Å². The number of rotatable bonds is 8. The molecule has 5 nitrogen and oxygen atoms in total. The molecular weight excluding hydrogens is 350 g/mol. The van der Waals surface area contributed by atoms with Gasteiger partial charge in [-0.1, -0.05) is 60.7 Å². The van der Waals surface area contributed by atoms with Gasteiger partial charge >= 0.3 is 6.03 Å². The van der Waals surface area contributed by atoms with Gasteiger partial charge in [-0.25, -0.2) is 9.78 Å². The lowest BCUT2D eigenvalue weighted by Gasteiger charge is -2.18. The molecule has 0 unspecified atom stereocenters. The fraction of sp³-hybridized carbons (Fsp3) is 0.217. The Hall–Kier alpha value is -3.34. The molecule has 0 fully saturated rings. The van der Waals surface area contributed by atoms with Gasteiger partial charge in [-0.15, -0.1) is 0 Å². The van der Waals surface area contributed by atoms with E-state index in [0.717, 1.165) is 12.0 Å². The molecule has 0 aliphatic rings. The van der Waals surface area contributed by atoms with Crippen LogP contribution >= 0.6 is 0 Å². The second-order valence-corrected chi connectivity index (χ2v) is 6.48. The summed E-state index contributed by atoms with van der Waals surface area (Å²) < 4.78 is 5.10. The maximum atomic E-state index is 12.2. The van der Waals surface area contributed by atoms with Crippen molar-refractivity contribution in [2.24, 2.45) is 0 Å². The molecular formula is C23H25N3O2. The molecule has 0 atom stereocenters. The number of benzene rings is 2. The van der Waals surface area contributed by atoms with Gasteiger partial charge in [0.25, 0.3) is 0 Å². The third-order valence-electron chi connectivity index (χ3n) is 4.58. The highest BCUT2D eigenvalue weighted by molar-refractivity contribution is 5.73. The van der Waals surface area contributed by atoms with E-state index in [4.69, 9.17) is 4.74 Å². The van der Waals surface area contributed by atoms with Gasteiger partial charge < -0.3 is 15.4 Å². The molecule has 2 N–H and O–H groups in total. The Morgan fingerprint density at radius 1 is 0.964 bits per heavy atom. The normalized spacial score (nSPS) is 10.5. The van der Waals surface area contributed by atoms with E-state index in [9.17, 15) is 4.79 Å². The van der Waals surface area contributed by atoms with Crippen LogP contribution in [0.1, 0.15) is 29.0 Å². The zero-order valence-corrected chi connectivity index (χ0v) is 16.0. The molecule has 0 bridgehead atoms. The minimum Gasteiger partial charge on any atom is -0.481 e. The molecule has 0 aliphatic carbocycles. The zero-order valence-electron chi connectivity index (χ0n) is 16.0. The number of nitrogens with one attached hydrogen (secondary N) is 2. The van der Waals surface area contributed by atoms with E-state index < -0.39 is 0 Å². The van der Waals surface area contributed by atoms with Crippen molar-refractivity contribution in [1.82, 2.24) is 15.6 Å². The third kappa shape index (κ3) is 5.58. The fourth-order valence-electron chi connectivity index (χ4n) is 3.14. The Morgan fingerprint density at radius 3 is 2.21 bits per heavy atom. The highest BCUT2D eigenvalue weighted by Gasteiger charge is 2.14. The zero-order chi connectivity index (χ0) is 19.6. The van der Waals surface area contributed by atoms with E-state index in [1.807, 2.05) is 18.2 Å². The monoisotopic (exact) mass is 375 g/mol. The maximum Gasteiger partial charge on any atom is 0.315 e. The lowest BCUT2D eigenvalue weighted by atomic mass is 9.88. The smallest absolute Gasteiger partial charge is 0.315 e. The van der Waals surface area contributed by atoms with Crippen LogP contribution in [0.2, 0.25) is 0 Å². The molecule has 0 saturated heterocycles. The Kier molecular flexibility index (Phi) is 7.01. The number of methoxy groups -OCH3 is 1. The van der Waals surface area contributed by atoms with Gasteiger partial charge in [0.05, 0.1) is 7.11 Å². The number of urea groups is 1. The van der Waals surface area contributed by atoms with Crippen LogP contribution in [0, 0.1) is 0 Å². The Bertz CT molecular complexity index is 830. The van der Waals surface area contributed by atoms with E-state index in [0.29, 0.717) is 19.0 Å². The molecule has 3 aromatic rings. The first-order chi connectivity index (χ1) is 13.8. The number of hydrogen-bond donors (Lipinski definition) is 2. The van der Waals surface area contributed by atoms with Crippen LogP contribution in [0.15, 0.2) is 79.0 Å². The number of amides is 2. The second-order valence-electron chi connectivity index (χ2n) is 6.48. The molecule has 0 spiro atoms. The van der Waals surface area contributed by atoms with Crippen LogP contribution in [0.3, 0.4) is 0 Å². The first-order valence-electron chi connectivity index (χ1n) is 9.37. The molecule has 5 heteroatoms. The average Bonchev–Trinajstić information content (AvgIpc) is 2.76. The van der Waals surface area contributed by atoms with E-state index in [-0.39, 0.29) is 11.9 Å². The molecule has 2 aromatic carbocycles. The Labute approximate surface area is 165 Å². The predicted octanol–water partition coefficient (Wildman–Crippen LogP) is 4.11. The quantitative estimate of drug-likeness (QED) is 0.623.